The largest absolute Gasteiger partial charge is 0.492 e. The second-order valence-electron chi connectivity index (χ2n) is 5.06. The number of nitrogens with zero attached hydrogens (tertiary/aromatic N) is 2. The minimum atomic E-state index is 0.307. The van der Waals surface area contributed by atoms with Crippen LogP contribution >= 0.6 is 0 Å². The van der Waals surface area contributed by atoms with Crippen LogP contribution in [0, 0.1) is 36.5 Å². The number of hydrogen-bond acceptors (Lipinski definition) is 4. The highest BCUT2D eigenvalue weighted by Gasteiger charge is 2.12. The number of hydrogen-bond donors (Lipinski definition) is 0. The molecule has 110 valence electrons. The molecule has 0 spiro atoms. The van der Waals surface area contributed by atoms with Gasteiger partial charge >= 0.3 is 0 Å². The molecular formula is C18H16N2O2. The Morgan fingerprint density at radius 1 is 0.955 bits per heavy atom. The highest BCUT2D eigenvalue weighted by Crippen LogP contribution is 2.32. The van der Waals surface area contributed by atoms with Crippen LogP contribution in [-0.4, -0.2) is 7.11 Å². The Hall–Kier alpha value is -2.98. The van der Waals surface area contributed by atoms with Gasteiger partial charge in [0, 0.05) is 0 Å². The lowest BCUT2D eigenvalue weighted by molar-refractivity contribution is 0.284. The van der Waals surface area contributed by atoms with Gasteiger partial charge in [-0.3, -0.25) is 0 Å². The van der Waals surface area contributed by atoms with Crippen LogP contribution in [0.15, 0.2) is 30.3 Å². The monoisotopic (exact) mass is 292 g/mol. The Bertz CT molecular complexity index is 783. The predicted octanol–water partition coefficient (Wildman–Crippen LogP) is 3.63. The molecular weight excluding hydrogens is 276 g/mol. The number of ether oxygens (including phenoxy) is 2. The van der Waals surface area contributed by atoms with Gasteiger partial charge in [0.25, 0.3) is 0 Å². The molecule has 0 aliphatic rings. The van der Waals surface area contributed by atoms with Gasteiger partial charge in [-0.05, 0) is 54.8 Å². The zero-order valence-corrected chi connectivity index (χ0v) is 12.8. The molecule has 2 aromatic carbocycles. The van der Waals surface area contributed by atoms with E-state index in [1.807, 2.05) is 32.0 Å². The van der Waals surface area contributed by atoms with Crippen molar-refractivity contribution >= 4 is 0 Å². The fourth-order valence-electron chi connectivity index (χ4n) is 2.31. The second kappa shape index (κ2) is 6.65. The number of methoxy groups -OCH3 is 1. The van der Waals surface area contributed by atoms with Gasteiger partial charge in [0.05, 0.1) is 24.3 Å². The Labute approximate surface area is 130 Å². The molecule has 0 aliphatic carbocycles. The summed E-state index contributed by atoms with van der Waals surface area (Å²) < 4.78 is 11.1. The average Bonchev–Trinajstić information content (AvgIpc) is 2.51. The smallest absolute Gasteiger partial charge is 0.178 e. The normalized spacial score (nSPS) is 9.68. The molecule has 0 saturated heterocycles. The van der Waals surface area contributed by atoms with Crippen LogP contribution in [0.4, 0.5) is 0 Å². The van der Waals surface area contributed by atoms with E-state index in [0.717, 1.165) is 16.7 Å². The molecule has 0 saturated carbocycles. The molecule has 0 N–H and O–H groups in total. The van der Waals surface area contributed by atoms with Gasteiger partial charge in [0.15, 0.2) is 11.5 Å². The summed E-state index contributed by atoms with van der Waals surface area (Å²) in [4.78, 5) is 0. The van der Waals surface area contributed by atoms with Crippen molar-refractivity contribution in [3.05, 3.63) is 58.1 Å². The first-order chi connectivity index (χ1) is 10.6. The first-order valence-corrected chi connectivity index (χ1v) is 6.79. The lowest BCUT2D eigenvalue weighted by atomic mass is 10.1. The summed E-state index contributed by atoms with van der Waals surface area (Å²) in [7, 11) is 1.51. The van der Waals surface area contributed by atoms with Crippen LogP contribution in [0.2, 0.25) is 0 Å². The maximum absolute atomic E-state index is 9.17. The minimum Gasteiger partial charge on any atom is -0.492 e. The lowest BCUT2D eigenvalue weighted by Crippen LogP contribution is -2.00. The predicted molar refractivity (Wildman–Crippen MR) is 82.7 cm³/mol. The SMILES string of the molecule is COc1c(C#N)cc(C)cc1OCc1cc(C)cc(C#N)c1. The van der Waals surface area contributed by atoms with E-state index in [0.29, 0.717) is 29.2 Å². The van der Waals surface area contributed by atoms with Crippen molar-refractivity contribution in [3.8, 4) is 23.6 Å². The fourth-order valence-corrected chi connectivity index (χ4v) is 2.31. The summed E-state index contributed by atoms with van der Waals surface area (Å²) in [6.07, 6.45) is 0. The van der Waals surface area contributed by atoms with Crippen molar-refractivity contribution in [1.29, 1.82) is 10.5 Å². The van der Waals surface area contributed by atoms with E-state index in [4.69, 9.17) is 20.0 Å². The van der Waals surface area contributed by atoms with Crippen LogP contribution in [-0.2, 0) is 6.61 Å². The van der Waals surface area contributed by atoms with Crippen molar-refractivity contribution < 1.29 is 9.47 Å². The van der Waals surface area contributed by atoms with Crippen LogP contribution in [0.3, 0.4) is 0 Å². The molecule has 2 rings (SSSR count). The molecule has 0 bridgehead atoms. The Balaban J connectivity index is 2.29. The van der Waals surface area contributed by atoms with Crippen LogP contribution in [0.5, 0.6) is 11.5 Å². The molecule has 2 aromatic rings. The summed E-state index contributed by atoms with van der Waals surface area (Å²) in [6, 6.07) is 13.4. The molecule has 0 aromatic heterocycles. The Morgan fingerprint density at radius 2 is 1.68 bits per heavy atom. The van der Waals surface area contributed by atoms with Crippen molar-refractivity contribution in [2.75, 3.05) is 7.11 Å². The molecule has 0 atom stereocenters. The Kier molecular flexibility index (Phi) is 4.66. The van der Waals surface area contributed by atoms with Gasteiger partial charge < -0.3 is 9.47 Å². The molecule has 4 nitrogen and oxygen atoms in total. The van der Waals surface area contributed by atoms with Crippen LogP contribution in [0.25, 0.3) is 0 Å². The van der Waals surface area contributed by atoms with Gasteiger partial charge in [-0.25, -0.2) is 0 Å². The number of aryl methyl sites for hydroxylation is 2. The molecule has 0 fully saturated rings. The van der Waals surface area contributed by atoms with Gasteiger partial charge in [0.2, 0.25) is 0 Å². The van der Waals surface area contributed by atoms with E-state index < -0.39 is 0 Å². The summed E-state index contributed by atoms with van der Waals surface area (Å²) in [5.41, 5.74) is 3.88. The molecule has 22 heavy (non-hydrogen) atoms. The summed E-state index contributed by atoms with van der Waals surface area (Å²) in [5.74, 6) is 0.959. The minimum absolute atomic E-state index is 0.307. The molecule has 4 heteroatoms. The first-order valence-electron chi connectivity index (χ1n) is 6.79. The van der Waals surface area contributed by atoms with Gasteiger partial charge in [0.1, 0.15) is 12.7 Å². The zero-order chi connectivity index (χ0) is 16.1. The third-order valence-corrected chi connectivity index (χ3v) is 3.18. The number of benzene rings is 2. The quantitative estimate of drug-likeness (QED) is 0.863. The first kappa shape index (κ1) is 15.4. The standard InChI is InChI=1S/C18H16N2O2/c1-12-4-14(9-19)8-15(5-12)11-22-17-7-13(2)6-16(10-20)18(17)21-3/h4-8H,11H2,1-3H3. The van der Waals surface area contributed by atoms with Crippen LogP contribution < -0.4 is 9.47 Å². The number of rotatable bonds is 4. The van der Waals surface area contributed by atoms with Crippen molar-refractivity contribution in [3.63, 3.8) is 0 Å². The van der Waals surface area contributed by atoms with Crippen molar-refractivity contribution in [2.45, 2.75) is 20.5 Å². The zero-order valence-electron chi connectivity index (χ0n) is 12.8. The van der Waals surface area contributed by atoms with E-state index in [1.54, 1.807) is 12.1 Å². The Morgan fingerprint density at radius 3 is 2.32 bits per heavy atom. The van der Waals surface area contributed by atoms with E-state index >= 15 is 0 Å². The summed E-state index contributed by atoms with van der Waals surface area (Å²) in [5, 5.41) is 18.2. The summed E-state index contributed by atoms with van der Waals surface area (Å²) in [6.45, 7) is 4.14. The maximum atomic E-state index is 9.17. The third kappa shape index (κ3) is 3.37. The molecule has 0 heterocycles. The van der Waals surface area contributed by atoms with E-state index in [2.05, 4.69) is 12.1 Å². The van der Waals surface area contributed by atoms with Gasteiger partial charge in [-0.15, -0.1) is 0 Å². The topological polar surface area (TPSA) is 66.0 Å². The van der Waals surface area contributed by atoms with Crippen LogP contribution in [0.1, 0.15) is 27.8 Å². The average molecular weight is 292 g/mol. The molecule has 0 radical (unpaired) electrons. The number of nitriles is 2. The van der Waals surface area contributed by atoms with Crippen molar-refractivity contribution in [1.82, 2.24) is 0 Å². The van der Waals surface area contributed by atoms with Crippen molar-refractivity contribution in [2.24, 2.45) is 0 Å². The highest BCUT2D eigenvalue weighted by atomic mass is 16.5. The lowest BCUT2D eigenvalue weighted by Gasteiger charge is -2.13. The highest BCUT2D eigenvalue weighted by molar-refractivity contribution is 5.54. The molecule has 0 amide bonds. The van der Waals surface area contributed by atoms with E-state index in [-0.39, 0.29) is 0 Å². The molecule has 0 aliphatic heterocycles. The van der Waals surface area contributed by atoms with E-state index in [1.165, 1.54) is 7.11 Å². The maximum Gasteiger partial charge on any atom is 0.178 e. The third-order valence-electron chi connectivity index (χ3n) is 3.18. The second-order valence-corrected chi connectivity index (χ2v) is 5.06. The summed E-state index contributed by atoms with van der Waals surface area (Å²) >= 11 is 0. The van der Waals surface area contributed by atoms with Gasteiger partial charge in [-0.1, -0.05) is 6.07 Å². The van der Waals surface area contributed by atoms with Gasteiger partial charge in [-0.2, -0.15) is 10.5 Å². The molecule has 0 unspecified atom stereocenters. The van der Waals surface area contributed by atoms with E-state index in [9.17, 15) is 0 Å². The fraction of sp³-hybridized carbons (Fsp3) is 0.222.